The van der Waals surface area contributed by atoms with Gasteiger partial charge in [0.15, 0.2) is 11.0 Å². The van der Waals surface area contributed by atoms with Crippen molar-refractivity contribution >= 4 is 17.7 Å². The Morgan fingerprint density at radius 3 is 2.00 bits per heavy atom. The number of amides is 1. The highest BCUT2D eigenvalue weighted by Gasteiger charge is 2.18. The summed E-state index contributed by atoms with van der Waals surface area (Å²) in [6.07, 6.45) is 1.13. The zero-order valence-electron chi connectivity index (χ0n) is 21.7. The molecule has 1 N–H and O–H groups in total. The Morgan fingerprint density at radius 1 is 0.821 bits per heavy atom. The van der Waals surface area contributed by atoms with Crippen molar-refractivity contribution in [2.75, 3.05) is 12.9 Å². The van der Waals surface area contributed by atoms with Gasteiger partial charge in [0.05, 0.1) is 13.2 Å². The second kappa shape index (κ2) is 12.9. The number of carbonyl (C=O) groups excluding carboxylic acids is 1. The standard InChI is InChI=1S/C32H30N4O2S/c1-38-28-21-19-27(20-22-28)36-31(26-16-9-4-10-17-26)34-35-32(36)39-23-11-18-29(37)33-30(24-12-5-2-6-13-24)25-14-7-3-8-15-25/h2-10,12-17,19-22,30H,11,18,23H2,1H3,(H,33,37). The van der Waals surface area contributed by atoms with E-state index in [1.807, 2.05) is 115 Å². The first kappa shape index (κ1) is 26.3. The molecule has 1 amide bonds. The molecule has 7 heteroatoms. The lowest BCUT2D eigenvalue weighted by atomic mass is 9.98. The Morgan fingerprint density at radius 2 is 1.41 bits per heavy atom. The molecule has 4 aromatic carbocycles. The second-order valence-corrected chi connectivity index (χ2v) is 10.0. The van der Waals surface area contributed by atoms with E-state index in [1.54, 1.807) is 18.9 Å². The predicted molar refractivity (Wildman–Crippen MR) is 156 cm³/mol. The first-order valence-electron chi connectivity index (χ1n) is 12.9. The molecule has 0 aliphatic rings. The highest BCUT2D eigenvalue weighted by Crippen LogP contribution is 2.29. The Balaban J connectivity index is 1.26. The highest BCUT2D eigenvalue weighted by atomic mass is 32.2. The monoisotopic (exact) mass is 534 g/mol. The quantitative estimate of drug-likeness (QED) is 0.150. The van der Waals surface area contributed by atoms with Gasteiger partial charge in [-0.25, -0.2) is 0 Å². The summed E-state index contributed by atoms with van der Waals surface area (Å²) in [4.78, 5) is 13.0. The Bertz CT molecular complexity index is 1430. The van der Waals surface area contributed by atoms with E-state index in [0.717, 1.165) is 44.9 Å². The van der Waals surface area contributed by atoms with E-state index in [-0.39, 0.29) is 11.9 Å². The van der Waals surface area contributed by atoms with E-state index in [0.29, 0.717) is 12.8 Å². The number of rotatable bonds is 11. The first-order chi connectivity index (χ1) is 19.2. The van der Waals surface area contributed by atoms with Gasteiger partial charge in [-0.15, -0.1) is 10.2 Å². The maximum Gasteiger partial charge on any atom is 0.220 e. The van der Waals surface area contributed by atoms with E-state index in [9.17, 15) is 4.79 Å². The molecule has 0 fully saturated rings. The van der Waals surface area contributed by atoms with Crippen molar-refractivity contribution in [3.63, 3.8) is 0 Å². The minimum Gasteiger partial charge on any atom is -0.497 e. The molecule has 0 saturated heterocycles. The van der Waals surface area contributed by atoms with Crippen molar-refractivity contribution in [1.29, 1.82) is 0 Å². The maximum absolute atomic E-state index is 13.0. The lowest BCUT2D eigenvalue weighted by Crippen LogP contribution is -2.29. The van der Waals surface area contributed by atoms with Gasteiger partial charge in [-0.3, -0.25) is 9.36 Å². The van der Waals surface area contributed by atoms with E-state index in [2.05, 4.69) is 20.1 Å². The van der Waals surface area contributed by atoms with Crippen LogP contribution in [-0.2, 0) is 4.79 Å². The summed E-state index contributed by atoms with van der Waals surface area (Å²) in [6.45, 7) is 0. The summed E-state index contributed by atoms with van der Waals surface area (Å²) in [5, 5.41) is 13.0. The van der Waals surface area contributed by atoms with Gasteiger partial charge >= 0.3 is 0 Å². The maximum atomic E-state index is 13.0. The van der Waals surface area contributed by atoms with Gasteiger partial charge < -0.3 is 10.1 Å². The summed E-state index contributed by atoms with van der Waals surface area (Å²) >= 11 is 1.60. The smallest absolute Gasteiger partial charge is 0.220 e. The number of thioether (sulfide) groups is 1. The summed E-state index contributed by atoms with van der Waals surface area (Å²) in [7, 11) is 1.66. The molecule has 5 rings (SSSR count). The van der Waals surface area contributed by atoms with Gasteiger partial charge in [0.25, 0.3) is 0 Å². The lowest BCUT2D eigenvalue weighted by molar-refractivity contribution is -0.121. The van der Waals surface area contributed by atoms with Crippen molar-refractivity contribution in [2.24, 2.45) is 0 Å². The fraction of sp³-hybridized carbons (Fsp3) is 0.156. The van der Waals surface area contributed by atoms with Crippen LogP contribution in [0.25, 0.3) is 17.1 Å². The number of ether oxygens (including phenoxy) is 1. The summed E-state index contributed by atoms with van der Waals surface area (Å²) in [5.41, 5.74) is 4.06. The molecule has 0 aliphatic carbocycles. The molecule has 0 aliphatic heterocycles. The number of benzene rings is 4. The van der Waals surface area contributed by atoms with Gasteiger partial charge in [-0.05, 0) is 41.8 Å². The largest absolute Gasteiger partial charge is 0.497 e. The third kappa shape index (κ3) is 6.56. The molecule has 0 radical (unpaired) electrons. The third-order valence-corrected chi connectivity index (χ3v) is 7.36. The van der Waals surface area contributed by atoms with Crippen molar-refractivity contribution in [1.82, 2.24) is 20.1 Å². The molecular formula is C32H30N4O2S. The molecule has 5 aromatic rings. The van der Waals surface area contributed by atoms with Crippen molar-refractivity contribution in [3.8, 4) is 22.8 Å². The minimum absolute atomic E-state index is 0.0231. The molecule has 0 unspecified atom stereocenters. The van der Waals surface area contributed by atoms with Crippen molar-refractivity contribution in [2.45, 2.75) is 24.0 Å². The van der Waals surface area contributed by atoms with E-state index < -0.39 is 0 Å². The molecule has 1 aromatic heterocycles. The SMILES string of the molecule is COc1ccc(-n2c(SCCCC(=O)NC(c3ccccc3)c3ccccc3)nnc2-c2ccccc2)cc1. The van der Waals surface area contributed by atoms with E-state index >= 15 is 0 Å². The summed E-state index contributed by atoms with van der Waals surface area (Å²) < 4.78 is 7.39. The van der Waals surface area contributed by atoms with Crippen LogP contribution in [0.5, 0.6) is 5.75 Å². The van der Waals surface area contributed by atoms with Crippen LogP contribution in [-0.4, -0.2) is 33.5 Å². The topological polar surface area (TPSA) is 69.0 Å². The number of nitrogens with zero attached hydrogens (tertiary/aromatic N) is 3. The average Bonchev–Trinajstić information content (AvgIpc) is 3.43. The van der Waals surface area contributed by atoms with Crippen LogP contribution in [0.3, 0.4) is 0 Å². The van der Waals surface area contributed by atoms with Crippen LogP contribution >= 0.6 is 11.8 Å². The molecule has 1 heterocycles. The average molecular weight is 535 g/mol. The van der Waals surface area contributed by atoms with Crippen molar-refractivity contribution in [3.05, 3.63) is 126 Å². The Hall–Kier alpha value is -4.36. The van der Waals surface area contributed by atoms with Crippen LogP contribution in [0.2, 0.25) is 0 Å². The minimum atomic E-state index is -0.181. The fourth-order valence-electron chi connectivity index (χ4n) is 4.38. The molecule has 0 saturated carbocycles. The third-order valence-electron chi connectivity index (χ3n) is 6.35. The van der Waals surface area contributed by atoms with Gasteiger partial charge in [-0.2, -0.15) is 0 Å². The van der Waals surface area contributed by atoms with Crippen LogP contribution in [0.15, 0.2) is 120 Å². The molecular weight excluding hydrogens is 504 g/mol. The molecule has 39 heavy (non-hydrogen) atoms. The second-order valence-electron chi connectivity index (χ2n) is 8.98. The van der Waals surface area contributed by atoms with Crippen LogP contribution in [0.4, 0.5) is 0 Å². The summed E-state index contributed by atoms with van der Waals surface area (Å²) in [5.74, 6) is 2.32. The fourth-order valence-corrected chi connectivity index (χ4v) is 5.27. The number of hydrogen-bond donors (Lipinski definition) is 1. The highest BCUT2D eigenvalue weighted by molar-refractivity contribution is 7.99. The lowest BCUT2D eigenvalue weighted by Gasteiger charge is -2.20. The van der Waals surface area contributed by atoms with E-state index in [4.69, 9.17) is 4.74 Å². The Labute approximate surface area is 233 Å². The van der Waals surface area contributed by atoms with Crippen LogP contribution < -0.4 is 10.1 Å². The molecule has 0 bridgehead atoms. The zero-order chi connectivity index (χ0) is 26.9. The first-order valence-corrected chi connectivity index (χ1v) is 13.9. The van der Waals surface area contributed by atoms with Gasteiger partial charge in [-0.1, -0.05) is 103 Å². The van der Waals surface area contributed by atoms with Gasteiger partial charge in [0.2, 0.25) is 5.91 Å². The van der Waals surface area contributed by atoms with Crippen LogP contribution in [0, 0.1) is 0 Å². The molecule has 0 spiro atoms. The molecule has 196 valence electrons. The normalized spacial score (nSPS) is 10.9. The van der Waals surface area contributed by atoms with E-state index in [1.165, 1.54) is 0 Å². The van der Waals surface area contributed by atoms with Crippen LogP contribution in [0.1, 0.15) is 30.0 Å². The number of aromatic nitrogens is 3. The number of carbonyl (C=O) groups is 1. The molecule has 6 nitrogen and oxygen atoms in total. The van der Waals surface area contributed by atoms with Gasteiger partial charge in [0, 0.05) is 23.4 Å². The van der Waals surface area contributed by atoms with Crippen molar-refractivity contribution < 1.29 is 9.53 Å². The Kier molecular flexibility index (Phi) is 8.71. The molecule has 0 atom stereocenters. The number of nitrogens with one attached hydrogen (secondary N) is 1. The summed E-state index contributed by atoms with van der Waals surface area (Å²) in [6, 6.07) is 37.8. The van der Waals surface area contributed by atoms with Gasteiger partial charge in [0.1, 0.15) is 5.75 Å². The number of hydrogen-bond acceptors (Lipinski definition) is 5. The predicted octanol–water partition coefficient (Wildman–Crippen LogP) is 6.72. The number of methoxy groups -OCH3 is 1. The zero-order valence-corrected chi connectivity index (χ0v) is 22.6.